The third-order valence-corrected chi connectivity index (χ3v) is 5.19. The van der Waals surface area contributed by atoms with Crippen LogP contribution in [0.3, 0.4) is 0 Å². The van der Waals surface area contributed by atoms with Crippen LogP contribution in [0.25, 0.3) is 0 Å². The van der Waals surface area contributed by atoms with Crippen molar-refractivity contribution in [3.05, 3.63) is 53.3 Å². The molecule has 2 aromatic carbocycles. The molecule has 0 radical (unpaired) electrons. The largest absolute Gasteiger partial charge is 0.507 e. The maximum Gasteiger partial charge on any atom is 0.153 e. The summed E-state index contributed by atoms with van der Waals surface area (Å²) in [4.78, 5) is 22.8. The molecule has 2 saturated heterocycles. The summed E-state index contributed by atoms with van der Waals surface area (Å²) in [5.41, 5.74) is 1.47. The number of anilines is 1. The molecule has 2 aromatic rings. The Labute approximate surface area is 182 Å². The van der Waals surface area contributed by atoms with Crippen LogP contribution in [0.2, 0.25) is 0 Å². The van der Waals surface area contributed by atoms with Gasteiger partial charge in [0, 0.05) is 30.9 Å². The quantitative estimate of drug-likeness (QED) is 0.629. The lowest BCUT2D eigenvalue weighted by Crippen LogP contribution is -2.29. The van der Waals surface area contributed by atoms with Crippen molar-refractivity contribution < 1.29 is 24.2 Å². The number of carbonyl (C=O) groups is 2. The molecular weight excluding hydrogens is 399 g/mol. The fourth-order valence-electron chi connectivity index (χ4n) is 3.40. The zero-order chi connectivity index (χ0) is 22.5. The SMILES string of the molecule is C1CCNCC1.O=Cc1ccc(F)cc1O.O=Cc1ccc(N2CCCCC2)cc1O. The summed E-state index contributed by atoms with van der Waals surface area (Å²) in [6.07, 6.45) is 9.05. The highest BCUT2D eigenvalue weighted by Crippen LogP contribution is 2.25. The van der Waals surface area contributed by atoms with Gasteiger partial charge in [0.25, 0.3) is 0 Å². The van der Waals surface area contributed by atoms with E-state index >= 15 is 0 Å². The first-order valence-electron chi connectivity index (χ1n) is 10.7. The van der Waals surface area contributed by atoms with E-state index in [4.69, 9.17) is 5.11 Å². The minimum absolute atomic E-state index is 0.0769. The number of benzene rings is 2. The molecule has 31 heavy (non-hydrogen) atoms. The minimum Gasteiger partial charge on any atom is -0.507 e. The van der Waals surface area contributed by atoms with Crippen molar-refractivity contribution in [2.24, 2.45) is 0 Å². The van der Waals surface area contributed by atoms with E-state index in [-0.39, 0.29) is 17.1 Å². The molecule has 2 heterocycles. The maximum absolute atomic E-state index is 12.2. The minimum atomic E-state index is -0.553. The molecule has 168 valence electrons. The Morgan fingerprint density at radius 3 is 1.77 bits per heavy atom. The molecule has 3 N–H and O–H groups in total. The number of halogens is 1. The Balaban J connectivity index is 0.000000183. The third kappa shape index (κ3) is 8.38. The highest BCUT2D eigenvalue weighted by Gasteiger charge is 2.12. The number of phenols is 2. The van der Waals surface area contributed by atoms with Crippen molar-refractivity contribution in [2.75, 3.05) is 31.1 Å². The van der Waals surface area contributed by atoms with Crippen LogP contribution in [0, 0.1) is 5.82 Å². The molecule has 2 fully saturated rings. The number of piperidine rings is 2. The first-order valence-corrected chi connectivity index (χ1v) is 10.7. The smallest absolute Gasteiger partial charge is 0.153 e. The molecule has 0 spiro atoms. The van der Waals surface area contributed by atoms with E-state index < -0.39 is 5.82 Å². The van der Waals surface area contributed by atoms with E-state index in [1.54, 1.807) is 12.1 Å². The van der Waals surface area contributed by atoms with Gasteiger partial charge in [-0.05, 0) is 69.5 Å². The van der Waals surface area contributed by atoms with E-state index in [9.17, 15) is 19.1 Å². The highest BCUT2D eigenvalue weighted by molar-refractivity contribution is 5.80. The number of hydrogen-bond acceptors (Lipinski definition) is 6. The molecular formula is C24H31FN2O4. The van der Waals surface area contributed by atoms with Crippen LogP contribution in [0.5, 0.6) is 11.5 Å². The van der Waals surface area contributed by atoms with Gasteiger partial charge in [0.2, 0.25) is 0 Å². The summed E-state index contributed by atoms with van der Waals surface area (Å²) in [6, 6.07) is 8.47. The van der Waals surface area contributed by atoms with Crippen LogP contribution < -0.4 is 10.2 Å². The van der Waals surface area contributed by atoms with Gasteiger partial charge in [-0.1, -0.05) is 6.42 Å². The van der Waals surface area contributed by atoms with Crippen molar-refractivity contribution in [3.8, 4) is 11.5 Å². The molecule has 4 rings (SSSR count). The summed E-state index contributed by atoms with van der Waals surface area (Å²) < 4.78 is 12.2. The predicted octanol–water partition coefficient (Wildman–Crippen LogP) is 4.30. The number of carbonyl (C=O) groups excluding carboxylic acids is 2. The van der Waals surface area contributed by atoms with Crippen LogP contribution >= 0.6 is 0 Å². The average molecular weight is 431 g/mol. The number of rotatable bonds is 3. The second kappa shape index (κ2) is 13.4. The molecule has 7 heteroatoms. The maximum atomic E-state index is 12.2. The molecule has 0 aliphatic carbocycles. The Morgan fingerprint density at radius 2 is 1.32 bits per heavy atom. The first-order chi connectivity index (χ1) is 15.0. The van der Waals surface area contributed by atoms with Crippen LogP contribution in [0.15, 0.2) is 36.4 Å². The molecule has 0 saturated carbocycles. The van der Waals surface area contributed by atoms with Gasteiger partial charge in [-0.25, -0.2) is 4.39 Å². The van der Waals surface area contributed by atoms with Gasteiger partial charge in [-0.2, -0.15) is 0 Å². The molecule has 0 unspecified atom stereocenters. The van der Waals surface area contributed by atoms with Crippen LogP contribution in [-0.2, 0) is 0 Å². The highest BCUT2D eigenvalue weighted by atomic mass is 19.1. The topological polar surface area (TPSA) is 89.9 Å². The van der Waals surface area contributed by atoms with Crippen molar-refractivity contribution >= 4 is 18.3 Å². The lowest BCUT2D eigenvalue weighted by Gasteiger charge is -2.28. The Kier molecular flexibility index (Phi) is 10.5. The van der Waals surface area contributed by atoms with E-state index in [2.05, 4.69) is 10.2 Å². The van der Waals surface area contributed by atoms with Gasteiger partial charge in [0.15, 0.2) is 12.6 Å². The van der Waals surface area contributed by atoms with Crippen molar-refractivity contribution in [3.63, 3.8) is 0 Å². The van der Waals surface area contributed by atoms with Crippen LogP contribution in [0.1, 0.15) is 59.2 Å². The Hall–Kier alpha value is -2.93. The molecule has 0 aromatic heterocycles. The lowest BCUT2D eigenvalue weighted by atomic mass is 10.1. The van der Waals surface area contributed by atoms with Gasteiger partial charge < -0.3 is 20.4 Å². The zero-order valence-corrected chi connectivity index (χ0v) is 17.7. The molecule has 6 nitrogen and oxygen atoms in total. The second-order valence-electron chi connectivity index (χ2n) is 7.54. The van der Waals surface area contributed by atoms with Gasteiger partial charge in [0.1, 0.15) is 17.3 Å². The number of nitrogens with one attached hydrogen (secondary N) is 1. The number of aromatic hydroxyl groups is 2. The van der Waals surface area contributed by atoms with Gasteiger partial charge >= 0.3 is 0 Å². The number of phenolic OH excluding ortho intramolecular Hbond substituents is 2. The Morgan fingerprint density at radius 1 is 0.774 bits per heavy atom. The fourth-order valence-corrected chi connectivity index (χ4v) is 3.40. The fraction of sp³-hybridized carbons (Fsp3) is 0.417. The van der Waals surface area contributed by atoms with Gasteiger partial charge in [0.05, 0.1) is 11.1 Å². The molecule has 0 bridgehead atoms. The van der Waals surface area contributed by atoms with Gasteiger partial charge in [-0.3, -0.25) is 9.59 Å². The predicted molar refractivity (Wildman–Crippen MR) is 120 cm³/mol. The number of nitrogens with zero attached hydrogens (tertiary/aromatic N) is 1. The summed E-state index contributed by atoms with van der Waals surface area (Å²) in [7, 11) is 0. The summed E-state index contributed by atoms with van der Waals surface area (Å²) >= 11 is 0. The summed E-state index contributed by atoms with van der Waals surface area (Å²) in [6.45, 7) is 4.58. The zero-order valence-electron chi connectivity index (χ0n) is 17.7. The normalized spacial score (nSPS) is 15.6. The van der Waals surface area contributed by atoms with Crippen LogP contribution in [0.4, 0.5) is 10.1 Å². The standard InChI is InChI=1S/C12H15NO2.C7H5FO2.C5H11N/c14-9-10-4-5-11(8-12(10)15)13-6-2-1-3-7-13;8-6-2-1-5(4-9)7(10)3-6;1-2-4-6-5-3-1/h4-5,8-9,15H,1-3,6-7H2;1-4,10H;6H,1-5H2. The van der Waals surface area contributed by atoms with E-state index in [0.29, 0.717) is 18.1 Å². The molecule has 2 aliphatic rings. The van der Waals surface area contributed by atoms with E-state index in [1.165, 1.54) is 57.7 Å². The van der Waals surface area contributed by atoms with Crippen LogP contribution in [-0.4, -0.2) is 49.0 Å². The average Bonchev–Trinajstić information content (AvgIpc) is 2.82. The first kappa shape index (κ1) is 24.3. The monoisotopic (exact) mass is 430 g/mol. The van der Waals surface area contributed by atoms with Crippen molar-refractivity contribution in [1.29, 1.82) is 0 Å². The Bertz CT molecular complexity index is 823. The molecule has 2 aliphatic heterocycles. The second-order valence-corrected chi connectivity index (χ2v) is 7.54. The number of hydrogen-bond donors (Lipinski definition) is 3. The van der Waals surface area contributed by atoms with E-state index in [0.717, 1.165) is 30.9 Å². The van der Waals surface area contributed by atoms with E-state index in [1.807, 2.05) is 6.07 Å². The summed E-state index contributed by atoms with van der Waals surface area (Å²) in [5.74, 6) is -0.800. The third-order valence-electron chi connectivity index (χ3n) is 5.19. The molecule has 0 atom stereocenters. The summed E-state index contributed by atoms with van der Waals surface area (Å²) in [5, 5.41) is 21.7. The van der Waals surface area contributed by atoms with Crippen molar-refractivity contribution in [1.82, 2.24) is 5.32 Å². The van der Waals surface area contributed by atoms with Crippen molar-refractivity contribution in [2.45, 2.75) is 38.5 Å². The lowest BCUT2D eigenvalue weighted by molar-refractivity contribution is 0.111. The molecule has 0 amide bonds. The number of aldehydes is 2. The van der Waals surface area contributed by atoms with Gasteiger partial charge in [-0.15, -0.1) is 0 Å².